The molecule has 0 atom stereocenters. The van der Waals surface area contributed by atoms with E-state index in [9.17, 15) is 4.79 Å². The molecule has 0 aromatic heterocycles. The number of ether oxygens (including phenoxy) is 1. The van der Waals surface area contributed by atoms with E-state index in [0.717, 1.165) is 57.6 Å². The highest BCUT2D eigenvalue weighted by molar-refractivity contribution is 5.78. The second-order valence-corrected chi connectivity index (χ2v) is 8.69. The maximum Gasteiger partial charge on any atom is 0.223 e. The van der Waals surface area contributed by atoms with Crippen molar-refractivity contribution >= 4 is 5.91 Å². The zero-order chi connectivity index (χ0) is 21.3. The van der Waals surface area contributed by atoms with E-state index in [-0.39, 0.29) is 17.9 Å². The van der Waals surface area contributed by atoms with Crippen LogP contribution in [0.4, 0.5) is 0 Å². The van der Waals surface area contributed by atoms with E-state index >= 15 is 0 Å². The molecule has 0 aliphatic carbocycles. The first kappa shape index (κ1) is 22.4. The van der Waals surface area contributed by atoms with Crippen molar-refractivity contribution in [3.63, 3.8) is 0 Å². The molecule has 1 aliphatic rings. The molecule has 1 fully saturated rings. The standard InChI is InChI=1S/C26H36N2O2/c1-20(2)30-25-12-6-9-22(18-25)10-7-15-27-26(29)23-13-16-28(17-14-23)19-24-11-5-4-8-21(24)3/h4-6,8-9,11-12,18,20,23H,7,10,13-17,19H2,1-3H3,(H,27,29). The van der Waals surface area contributed by atoms with Gasteiger partial charge in [-0.15, -0.1) is 0 Å². The maximum absolute atomic E-state index is 12.6. The fraction of sp³-hybridized carbons (Fsp3) is 0.500. The number of hydrogen-bond acceptors (Lipinski definition) is 3. The Morgan fingerprint density at radius 2 is 1.90 bits per heavy atom. The quantitative estimate of drug-likeness (QED) is 0.609. The molecule has 4 heteroatoms. The number of rotatable bonds is 9. The summed E-state index contributed by atoms with van der Waals surface area (Å²) >= 11 is 0. The van der Waals surface area contributed by atoms with Crippen LogP contribution in [-0.2, 0) is 17.8 Å². The summed E-state index contributed by atoms with van der Waals surface area (Å²) in [5, 5.41) is 3.15. The van der Waals surface area contributed by atoms with Gasteiger partial charge in [0.2, 0.25) is 5.91 Å². The predicted octanol–water partition coefficient (Wildman–Crippen LogP) is 4.74. The van der Waals surface area contributed by atoms with Gasteiger partial charge in [0.25, 0.3) is 0 Å². The Bertz CT molecular complexity index is 810. The van der Waals surface area contributed by atoms with Gasteiger partial charge in [-0.25, -0.2) is 0 Å². The Morgan fingerprint density at radius 1 is 1.13 bits per heavy atom. The van der Waals surface area contributed by atoms with E-state index < -0.39 is 0 Å². The van der Waals surface area contributed by atoms with Crippen molar-refractivity contribution < 1.29 is 9.53 Å². The number of hydrogen-bond donors (Lipinski definition) is 1. The van der Waals surface area contributed by atoms with Crippen LogP contribution in [0, 0.1) is 12.8 Å². The molecular formula is C26H36N2O2. The number of amides is 1. The van der Waals surface area contributed by atoms with E-state index in [1.807, 2.05) is 26.0 Å². The van der Waals surface area contributed by atoms with E-state index in [2.05, 4.69) is 53.5 Å². The topological polar surface area (TPSA) is 41.6 Å². The van der Waals surface area contributed by atoms with Crippen molar-refractivity contribution in [2.45, 2.75) is 59.1 Å². The zero-order valence-electron chi connectivity index (χ0n) is 18.7. The van der Waals surface area contributed by atoms with E-state index in [1.54, 1.807) is 0 Å². The van der Waals surface area contributed by atoms with Gasteiger partial charge in [0, 0.05) is 19.0 Å². The number of nitrogens with zero attached hydrogens (tertiary/aromatic N) is 1. The van der Waals surface area contributed by atoms with Crippen molar-refractivity contribution in [3.8, 4) is 5.75 Å². The number of carbonyl (C=O) groups is 1. The highest BCUT2D eigenvalue weighted by atomic mass is 16.5. The van der Waals surface area contributed by atoms with Crippen molar-refractivity contribution in [1.29, 1.82) is 0 Å². The summed E-state index contributed by atoms with van der Waals surface area (Å²) in [5.74, 6) is 1.30. The third-order valence-electron chi connectivity index (χ3n) is 5.83. The van der Waals surface area contributed by atoms with Crippen LogP contribution in [0.5, 0.6) is 5.75 Å². The molecule has 0 unspecified atom stereocenters. The summed E-state index contributed by atoms with van der Waals surface area (Å²) < 4.78 is 5.76. The molecular weight excluding hydrogens is 372 g/mol. The normalized spacial score (nSPS) is 15.3. The molecule has 1 amide bonds. The summed E-state index contributed by atoms with van der Waals surface area (Å²) in [6, 6.07) is 16.8. The Balaban J connectivity index is 1.35. The van der Waals surface area contributed by atoms with Gasteiger partial charge in [0.05, 0.1) is 6.10 Å². The first-order valence-electron chi connectivity index (χ1n) is 11.3. The van der Waals surface area contributed by atoms with Crippen LogP contribution in [0.3, 0.4) is 0 Å². The van der Waals surface area contributed by atoms with Crippen LogP contribution in [-0.4, -0.2) is 36.5 Å². The van der Waals surface area contributed by atoms with Gasteiger partial charge in [-0.3, -0.25) is 9.69 Å². The molecule has 0 radical (unpaired) electrons. The van der Waals surface area contributed by atoms with E-state index in [0.29, 0.717) is 0 Å². The van der Waals surface area contributed by atoms with E-state index in [4.69, 9.17) is 4.74 Å². The van der Waals surface area contributed by atoms with Crippen molar-refractivity contribution in [3.05, 3.63) is 65.2 Å². The van der Waals surface area contributed by atoms with Crippen LogP contribution >= 0.6 is 0 Å². The first-order chi connectivity index (χ1) is 14.5. The second kappa shape index (κ2) is 11.2. The Hall–Kier alpha value is -2.33. The fourth-order valence-corrected chi connectivity index (χ4v) is 4.08. The molecule has 4 nitrogen and oxygen atoms in total. The minimum atomic E-state index is 0.154. The molecule has 0 saturated carbocycles. The lowest BCUT2D eigenvalue weighted by atomic mass is 9.95. The van der Waals surface area contributed by atoms with Gasteiger partial charge in [0.15, 0.2) is 0 Å². The Kier molecular flexibility index (Phi) is 8.32. The SMILES string of the molecule is Cc1ccccc1CN1CCC(C(=O)NCCCc2cccc(OC(C)C)c2)CC1. The maximum atomic E-state index is 12.6. The van der Waals surface area contributed by atoms with Gasteiger partial charge in [-0.1, -0.05) is 36.4 Å². The number of benzene rings is 2. The third-order valence-corrected chi connectivity index (χ3v) is 5.83. The average molecular weight is 409 g/mol. The summed E-state index contributed by atoms with van der Waals surface area (Å²) in [5.41, 5.74) is 3.99. The number of likely N-dealkylation sites (tertiary alicyclic amines) is 1. The Labute approximate surface area is 181 Å². The summed E-state index contributed by atoms with van der Waals surface area (Å²) in [4.78, 5) is 15.0. The smallest absolute Gasteiger partial charge is 0.223 e. The van der Waals surface area contributed by atoms with E-state index in [1.165, 1.54) is 16.7 Å². The largest absolute Gasteiger partial charge is 0.491 e. The molecule has 0 bridgehead atoms. The lowest BCUT2D eigenvalue weighted by molar-refractivity contribution is -0.126. The molecule has 1 heterocycles. The average Bonchev–Trinajstić information content (AvgIpc) is 2.73. The molecule has 30 heavy (non-hydrogen) atoms. The lowest BCUT2D eigenvalue weighted by Crippen LogP contribution is -2.40. The van der Waals surface area contributed by atoms with Crippen molar-refractivity contribution in [2.24, 2.45) is 5.92 Å². The van der Waals surface area contributed by atoms with Gasteiger partial charge in [0.1, 0.15) is 5.75 Å². The monoisotopic (exact) mass is 408 g/mol. The van der Waals surface area contributed by atoms with Gasteiger partial charge >= 0.3 is 0 Å². The number of carbonyl (C=O) groups excluding carboxylic acids is 1. The molecule has 1 N–H and O–H groups in total. The highest BCUT2D eigenvalue weighted by Gasteiger charge is 2.24. The zero-order valence-corrected chi connectivity index (χ0v) is 18.7. The molecule has 162 valence electrons. The van der Waals surface area contributed by atoms with Gasteiger partial charge in [-0.2, -0.15) is 0 Å². The lowest BCUT2D eigenvalue weighted by Gasteiger charge is -2.31. The van der Waals surface area contributed by atoms with Gasteiger partial charge in [-0.05, 0) is 88.4 Å². The number of aryl methyl sites for hydroxylation is 2. The Morgan fingerprint density at radius 3 is 2.63 bits per heavy atom. The van der Waals surface area contributed by atoms with Gasteiger partial charge < -0.3 is 10.1 Å². The fourth-order valence-electron chi connectivity index (χ4n) is 4.08. The summed E-state index contributed by atoms with van der Waals surface area (Å²) in [7, 11) is 0. The van der Waals surface area contributed by atoms with Crippen molar-refractivity contribution in [1.82, 2.24) is 10.2 Å². The minimum absolute atomic E-state index is 0.154. The van der Waals surface area contributed by atoms with Crippen LogP contribution in [0.2, 0.25) is 0 Å². The molecule has 1 aliphatic heterocycles. The molecule has 2 aromatic rings. The van der Waals surface area contributed by atoms with Crippen LogP contribution in [0.1, 0.15) is 49.8 Å². The summed E-state index contributed by atoms with van der Waals surface area (Å²) in [6.45, 7) is 9.95. The number of piperidine rings is 1. The third kappa shape index (κ3) is 6.88. The second-order valence-electron chi connectivity index (χ2n) is 8.69. The van der Waals surface area contributed by atoms with Crippen LogP contribution in [0.25, 0.3) is 0 Å². The first-order valence-corrected chi connectivity index (χ1v) is 11.3. The summed E-state index contributed by atoms with van der Waals surface area (Å²) in [6.07, 6.45) is 3.98. The minimum Gasteiger partial charge on any atom is -0.491 e. The number of nitrogens with one attached hydrogen (secondary N) is 1. The molecule has 3 rings (SSSR count). The molecule has 2 aromatic carbocycles. The molecule has 0 spiro atoms. The van der Waals surface area contributed by atoms with Crippen molar-refractivity contribution in [2.75, 3.05) is 19.6 Å². The highest BCUT2D eigenvalue weighted by Crippen LogP contribution is 2.20. The van der Waals surface area contributed by atoms with Crippen LogP contribution < -0.4 is 10.1 Å². The van der Waals surface area contributed by atoms with Crippen LogP contribution in [0.15, 0.2) is 48.5 Å². The predicted molar refractivity (Wildman–Crippen MR) is 123 cm³/mol. The molecule has 1 saturated heterocycles.